The lowest BCUT2D eigenvalue weighted by molar-refractivity contribution is -0.143. The number of carbonyl (C=O) groups excluding carboxylic acids is 2. The van der Waals surface area contributed by atoms with E-state index in [1.54, 1.807) is 12.1 Å². The van der Waals surface area contributed by atoms with E-state index in [1.807, 2.05) is 13.0 Å². The number of nitrogens with one attached hydrogen (secondary N) is 1. The third-order valence-corrected chi connectivity index (χ3v) is 3.73. The zero-order valence-electron chi connectivity index (χ0n) is 14.5. The van der Waals surface area contributed by atoms with Crippen LogP contribution in [0.2, 0.25) is 5.02 Å². The van der Waals surface area contributed by atoms with Gasteiger partial charge in [0.15, 0.2) is 5.78 Å². The number of benzene rings is 1. The summed E-state index contributed by atoms with van der Waals surface area (Å²) in [6.45, 7) is 4.39. The Bertz CT molecular complexity index is 681. The van der Waals surface area contributed by atoms with Gasteiger partial charge in [0, 0.05) is 17.2 Å². The van der Waals surface area contributed by atoms with Gasteiger partial charge in [0.1, 0.15) is 18.1 Å². The number of hydrogen-bond acceptors (Lipinski definition) is 6. The molecule has 0 aliphatic heterocycles. The monoisotopic (exact) mass is 367 g/mol. The third-order valence-electron chi connectivity index (χ3n) is 3.31. The van der Waals surface area contributed by atoms with Crippen LogP contribution in [0.4, 0.5) is 0 Å². The zero-order valence-corrected chi connectivity index (χ0v) is 15.3. The highest BCUT2D eigenvalue weighted by atomic mass is 35.5. The number of halogens is 1. The third kappa shape index (κ3) is 6.97. The van der Waals surface area contributed by atoms with E-state index in [0.717, 1.165) is 5.56 Å². The summed E-state index contributed by atoms with van der Waals surface area (Å²) >= 11 is 5.93. The average Bonchev–Trinajstić information content (AvgIpc) is 2.52. The Labute approximate surface area is 151 Å². The summed E-state index contributed by atoms with van der Waals surface area (Å²) in [5.41, 5.74) is 0.700. The van der Waals surface area contributed by atoms with Crippen molar-refractivity contribution in [3.05, 3.63) is 40.1 Å². The number of allylic oxidation sites excluding steroid dienone is 1. The number of aliphatic hydroxyl groups excluding tert-OH is 1. The van der Waals surface area contributed by atoms with Gasteiger partial charge in [0.25, 0.3) is 0 Å². The number of ether oxygens (including phenoxy) is 2. The van der Waals surface area contributed by atoms with E-state index >= 15 is 0 Å². The van der Waals surface area contributed by atoms with Gasteiger partial charge in [-0.05, 0) is 51.0 Å². The van der Waals surface area contributed by atoms with Gasteiger partial charge in [-0.25, -0.2) is 0 Å². The van der Waals surface area contributed by atoms with Crippen LogP contribution < -0.4 is 4.74 Å². The molecule has 1 aromatic rings. The molecule has 0 radical (unpaired) electrons. The number of carbonyl (C=O) groups is 2. The number of rotatable bonds is 9. The first-order valence-electron chi connectivity index (χ1n) is 7.75. The first-order valence-corrected chi connectivity index (χ1v) is 8.13. The van der Waals surface area contributed by atoms with Gasteiger partial charge < -0.3 is 20.0 Å². The second-order valence-electron chi connectivity index (χ2n) is 5.53. The standard InChI is InChI=1S/C18H22ClNO5/c1-11-9-14(6-7-15(11)19)24-8-4-5-17(23)25-10-16(22)18(12(2)20)13(3)21/h6-7,9,20,22H,4-5,8,10H2,1-3H3/b18-16-,20-12?. The van der Waals surface area contributed by atoms with Crippen molar-refractivity contribution in [1.29, 1.82) is 5.41 Å². The summed E-state index contributed by atoms with van der Waals surface area (Å²) in [5, 5.41) is 17.9. The molecule has 136 valence electrons. The van der Waals surface area contributed by atoms with Gasteiger partial charge in [-0.1, -0.05) is 11.6 Å². The van der Waals surface area contributed by atoms with Gasteiger partial charge in [0.05, 0.1) is 12.2 Å². The van der Waals surface area contributed by atoms with E-state index in [2.05, 4.69) is 0 Å². The quantitative estimate of drug-likeness (QED) is 0.227. The van der Waals surface area contributed by atoms with Crippen LogP contribution in [0.25, 0.3) is 0 Å². The van der Waals surface area contributed by atoms with Gasteiger partial charge >= 0.3 is 5.97 Å². The summed E-state index contributed by atoms with van der Waals surface area (Å²) in [5.74, 6) is -0.717. The molecule has 7 heteroatoms. The molecule has 0 unspecified atom stereocenters. The van der Waals surface area contributed by atoms with Crippen molar-refractivity contribution in [2.75, 3.05) is 13.2 Å². The maximum Gasteiger partial charge on any atom is 0.306 e. The van der Waals surface area contributed by atoms with Crippen LogP contribution in [0, 0.1) is 12.3 Å². The average molecular weight is 368 g/mol. The fraction of sp³-hybridized carbons (Fsp3) is 0.389. The predicted octanol–water partition coefficient (Wildman–Crippen LogP) is 3.79. The molecule has 0 amide bonds. The lowest BCUT2D eigenvalue weighted by Crippen LogP contribution is -2.15. The molecule has 0 saturated carbocycles. The van der Waals surface area contributed by atoms with Gasteiger partial charge in [-0.2, -0.15) is 0 Å². The maximum atomic E-state index is 11.7. The van der Waals surface area contributed by atoms with Gasteiger partial charge in [-0.3, -0.25) is 9.59 Å². The van der Waals surface area contributed by atoms with Crippen LogP contribution in [-0.4, -0.2) is 35.8 Å². The Morgan fingerprint density at radius 3 is 2.52 bits per heavy atom. The van der Waals surface area contributed by atoms with Crippen LogP contribution in [-0.2, 0) is 14.3 Å². The van der Waals surface area contributed by atoms with Crippen molar-refractivity contribution in [3.8, 4) is 5.75 Å². The molecular weight excluding hydrogens is 346 g/mol. The lowest BCUT2D eigenvalue weighted by Gasteiger charge is -2.09. The molecule has 1 aromatic carbocycles. The minimum absolute atomic E-state index is 0.0762. The zero-order chi connectivity index (χ0) is 19.0. The van der Waals surface area contributed by atoms with Crippen LogP contribution in [0.1, 0.15) is 32.3 Å². The Balaban J connectivity index is 2.37. The molecule has 0 bridgehead atoms. The van der Waals surface area contributed by atoms with Crippen LogP contribution in [0.3, 0.4) is 0 Å². The number of esters is 1. The number of hydrogen-bond donors (Lipinski definition) is 2. The molecule has 2 N–H and O–H groups in total. The first kappa shape index (κ1) is 20.7. The van der Waals surface area contributed by atoms with Crippen LogP contribution >= 0.6 is 11.6 Å². The summed E-state index contributed by atoms with van der Waals surface area (Å²) in [7, 11) is 0. The fourth-order valence-electron chi connectivity index (χ4n) is 2.09. The molecule has 6 nitrogen and oxygen atoms in total. The Kier molecular flexibility index (Phi) is 8.15. The predicted molar refractivity (Wildman–Crippen MR) is 95.6 cm³/mol. The summed E-state index contributed by atoms with van der Waals surface area (Å²) < 4.78 is 10.4. The highest BCUT2D eigenvalue weighted by molar-refractivity contribution is 6.31. The molecule has 0 atom stereocenters. The lowest BCUT2D eigenvalue weighted by atomic mass is 10.1. The number of aryl methyl sites for hydroxylation is 1. The summed E-state index contributed by atoms with van der Waals surface area (Å²) in [6, 6.07) is 5.30. The van der Waals surface area contributed by atoms with Gasteiger partial charge in [-0.15, -0.1) is 0 Å². The molecular formula is C18H22ClNO5. The van der Waals surface area contributed by atoms with E-state index < -0.39 is 24.1 Å². The van der Waals surface area contributed by atoms with E-state index in [9.17, 15) is 14.7 Å². The van der Waals surface area contributed by atoms with E-state index in [1.165, 1.54) is 13.8 Å². The highest BCUT2D eigenvalue weighted by Gasteiger charge is 2.15. The number of aliphatic hydroxyl groups is 1. The minimum Gasteiger partial charge on any atom is -0.508 e. The van der Waals surface area contributed by atoms with Crippen LogP contribution in [0.5, 0.6) is 5.75 Å². The van der Waals surface area contributed by atoms with Crippen molar-refractivity contribution in [1.82, 2.24) is 0 Å². The normalized spacial score (nSPS) is 11.5. The molecule has 0 aliphatic carbocycles. The second-order valence-corrected chi connectivity index (χ2v) is 5.93. The molecule has 0 heterocycles. The second kappa shape index (κ2) is 9.84. The van der Waals surface area contributed by atoms with Crippen molar-refractivity contribution in [2.24, 2.45) is 0 Å². The molecule has 25 heavy (non-hydrogen) atoms. The number of ketones is 1. The first-order chi connectivity index (χ1) is 11.7. The smallest absolute Gasteiger partial charge is 0.306 e. The fourth-order valence-corrected chi connectivity index (χ4v) is 2.21. The van der Waals surface area contributed by atoms with Gasteiger partial charge in [0.2, 0.25) is 0 Å². The van der Waals surface area contributed by atoms with Crippen LogP contribution in [0.15, 0.2) is 29.5 Å². The molecule has 0 aliphatic rings. The molecule has 0 saturated heterocycles. The molecule has 0 fully saturated rings. The van der Waals surface area contributed by atoms with Crippen molar-refractivity contribution < 1.29 is 24.2 Å². The van der Waals surface area contributed by atoms with E-state index in [4.69, 9.17) is 26.5 Å². The Morgan fingerprint density at radius 1 is 1.28 bits per heavy atom. The molecule has 1 rings (SSSR count). The highest BCUT2D eigenvalue weighted by Crippen LogP contribution is 2.21. The molecule has 0 spiro atoms. The topological polar surface area (TPSA) is 96.7 Å². The van der Waals surface area contributed by atoms with E-state index in [-0.39, 0.29) is 17.7 Å². The Hall–Kier alpha value is -2.34. The van der Waals surface area contributed by atoms with Crippen molar-refractivity contribution in [3.63, 3.8) is 0 Å². The summed E-state index contributed by atoms with van der Waals surface area (Å²) in [6.07, 6.45) is 0.549. The molecule has 0 aromatic heterocycles. The van der Waals surface area contributed by atoms with E-state index in [0.29, 0.717) is 23.8 Å². The maximum absolute atomic E-state index is 11.7. The number of Topliss-reactive ketones (excluding diaryl/α,β-unsaturated/α-hetero) is 1. The van der Waals surface area contributed by atoms with Crippen molar-refractivity contribution in [2.45, 2.75) is 33.6 Å². The summed E-state index contributed by atoms with van der Waals surface area (Å²) in [4.78, 5) is 23.0. The SMILES string of the molecule is CC(=N)/C(C(C)=O)=C(/O)COC(=O)CCCOc1ccc(Cl)c(C)c1. The Morgan fingerprint density at radius 2 is 1.96 bits per heavy atom. The van der Waals surface area contributed by atoms with Crippen molar-refractivity contribution >= 4 is 29.1 Å². The largest absolute Gasteiger partial charge is 0.508 e. The minimum atomic E-state index is -0.520.